The Morgan fingerprint density at radius 3 is 1.63 bits per heavy atom. The molecule has 5 nitrogen and oxygen atoms in total. The van der Waals surface area contributed by atoms with Gasteiger partial charge in [0.05, 0.1) is 0 Å². The van der Waals surface area contributed by atoms with Crippen molar-refractivity contribution in [2.75, 3.05) is 0 Å². The van der Waals surface area contributed by atoms with Gasteiger partial charge in [0.2, 0.25) is 0 Å². The lowest BCUT2D eigenvalue weighted by atomic mass is 9.99. The van der Waals surface area contributed by atoms with Crippen molar-refractivity contribution in [1.29, 1.82) is 0 Å². The van der Waals surface area contributed by atoms with Gasteiger partial charge in [-0.3, -0.25) is 0 Å². The standard InChI is InChI=1S/C28H22F2O5/c1-17(2)27(31)34-22-10-5-19(6-11-22)21-9-14-24(25(15-21)33-16-26(29)30)20-7-12-23(13-8-20)35-28(32)18(3)4/h5-16H,1,3H2,2,4H3. The summed E-state index contributed by atoms with van der Waals surface area (Å²) in [4.78, 5) is 23.4. The summed E-state index contributed by atoms with van der Waals surface area (Å²) >= 11 is 0. The van der Waals surface area contributed by atoms with Crippen LogP contribution in [0.3, 0.4) is 0 Å². The fraction of sp³-hybridized carbons (Fsp3) is 0.0714. The van der Waals surface area contributed by atoms with Crippen molar-refractivity contribution in [1.82, 2.24) is 0 Å². The Balaban J connectivity index is 1.91. The molecule has 0 saturated carbocycles. The molecule has 0 saturated heterocycles. The third kappa shape index (κ3) is 6.74. The lowest BCUT2D eigenvalue weighted by molar-refractivity contribution is -0.130. The highest BCUT2D eigenvalue weighted by Crippen LogP contribution is 2.36. The summed E-state index contributed by atoms with van der Waals surface area (Å²) in [6, 6.07) is 18.4. The molecule has 7 heteroatoms. The minimum Gasteiger partial charge on any atom is -0.459 e. The first kappa shape index (κ1) is 25.1. The van der Waals surface area contributed by atoms with Crippen LogP contribution in [0.25, 0.3) is 22.3 Å². The van der Waals surface area contributed by atoms with E-state index in [-0.39, 0.29) is 16.9 Å². The second-order valence-corrected chi connectivity index (χ2v) is 7.62. The van der Waals surface area contributed by atoms with E-state index in [2.05, 4.69) is 13.2 Å². The van der Waals surface area contributed by atoms with Gasteiger partial charge in [0, 0.05) is 16.7 Å². The van der Waals surface area contributed by atoms with Crippen molar-refractivity contribution >= 4 is 11.9 Å². The highest BCUT2D eigenvalue weighted by Gasteiger charge is 2.12. The van der Waals surface area contributed by atoms with Crippen molar-refractivity contribution in [3.05, 3.63) is 103 Å². The fourth-order valence-corrected chi connectivity index (χ4v) is 2.95. The monoisotopic (exact) mass is 476 g/mol. The summed E-state index contributed by atoms with van der Waals surface area (Å²) in [7, 11) is 0. The molecule has 0 atom stereocenters. The molecule has 3 aromatic carbocycles. The predicted octanol–water partition coefficient (Wildman–Crippen LogP) is 7.10. The third-order valence-corrected chi connectivity index (χ3v) is 4.73. The van der Waals surface area contributed by atoms with E-state index >= 15 is 0 Å². The molecule has 0 aromatic heterocycles. The van der Waals surface area contributed by atoms with Gasteiger partial charge in [0.15, 0.2) is 6.26 Å². The Morgan fingerprint density at radius 2 is 1.17 bits per heavy atom. The quantitative estimate of drug-likeness (QED) is 0.150. The predicted molar refractivity (Wildman–Crippen MR) is 129 cm³/mol. The first-order valence-electron chi connectivity index (χ1n) is 10.4. The van der Waals surface area contributed by atoms with E-state index in [1.165, 1.54) is 0 Å². The number of benzene rings is 3. The van der Waals surface area contributed by atoms with Gasteiger partial charge in [-0.25, -0.2) is 9.59 Å². The summed E-state index contributed by atoms with van der Waals surface area (Å²) < 4.78 is 41.1. The molecule has 0 heterocycles. The van der Waals surface area contributed by atoms with Gasteiger partial charge in [-0.15, -0.1) is 0 Å². The van der Waals surface area contributed by atoms with E-state index < -0.39 is 18.0 Å². The molecule has 0 spiro atoms. The van der Waals surface area contributed by atoms with Crippen molar-refractivity contribution in [3.63, 3.8) is 0 Å². The van der Waals surface area contributed by atoms with Crippen LogP contribution in [-0.2, 0) is 9.59 Å². The summed E-state index contributed by atoms with van der Waals surface area (Å²) in [6.07, 6.45) is -1.61. The zero-order valence-electron chi connectivity index (χ0n) is 19.1. The Kier molecular flexibility index (Phi) is 7.94. The topological polar surface area (TPSA) is 61.8 Å². The molecule has 0 N–H and O–H groups in total. The first-order chi connectivity index (χ1) is 16.6. The van der Waals surface area contributed by atoms with Gasteiger partial charge in [-0.05, 0) is 60.9 Å². The van der Waals surface area contributed by atoms with Crippen LogP contribution in [0.2, 0.25) is 0 Å². The molecule has 0 aliphatic heterocycles. The molecular formula is C28H22F2O5. The van der Waals surface area contributed by atoms with Gasteiger partial charge in [-0.2, -0.15) is 8.78 Å². The number of esters is 2. The lowest BCUT2D eigenvalue weighted by Gasteiger charge is -2.12. The summed E-state index contributed by atoms with van der Waals surface area (Å²) in [5.41, 5.74) is 3.21. The Morgan fingerprint density at radius 1 is 0.714 bits per heavy atom. The number of rotatable bonds is 8. The number of carbonyl (C=O) groups is 2. The van der Waals surface area contributed by atoms with Crippen LogP contribution < -0.4 is 14.2 Å². The maximum absolute atomic E-state index is 12.8. The van der Waals surface area contributed by atoms with Crippen LogP contribution in [0.5, 0.6) is 17.2 Å². The van der Waals surface area contributed by atoms with E-state index in [0.29, 0.717) is 34.5 Å². The van der Waals surface area contributed by atoms with Crippen molar-refractivity contribution < 1.29 is 32.6 Å². The van der Waals surface area contributed by atoms with Crippen LogP contribution in [0.1, 0.15) is 13.8 Å². The molecule has 0 aliphatic rings. The molecule has 0 fully saturated rings. The molecule has 0 bridgehead atoms. The van der Waals surface area contributed by atoms with E-state index in [1.807, 2.05) is 6.07 Å². The number of halogens is 2. The highest BCUT2D eigenvalue weighted by molar-refractivity contribution is 5.89. The highest BCUT2D eigenvalue weighted by atomic mass is 19.3. The van der Waals surface area contributed by atoms with E-state index in [4.69, 9.17) is 14.2 Å². The molecule has 0 radical (unpaired) electrons. The first-order valence-corrected chi connectivity index (χ1v) is 10.4. The van der Waals surface area contributed by atoms with Crippen LogP contribution in [0.15, 0.2) is 103 Å². The Labute approximate surface area is 201 Å². The molecule has 0 amide bonds. The molecule has 3 rings (SSSR count). The number of ether oxygens (including phenoxy) is 3. The second-order valence-electron chi connectivity index (χ2n) is 7.62. The smallest absolute Gasteiger partial charge is 0.338 e. The van der Waals surface area contributed by atoms with Gasteiger partial charge in [-0.1, -0.05) is 49.6 Å². The Hall–Kier alpha value is -4.52. The average molecular weight is 476 g/mol. The minimum absolute atomic E-state index is 0.194. The largest absolute Gasteiger partial charge is 0.459 e. The molecule has 3 aromatic rings. The normalized spacial score (nSPS) is 10.2. The van der Waals surface area contributed by atoms with Gasteiger partial charge in [0.1, 0.15) is 17.2 Å². The molecule has 0 aliphatic carbocycles. The zero-order valence-corrected chi connectivity index (χ0v) is 19.1. The maximum atomic E-state index is 12.8. The SMILES string of the molecule is C=C(C)C(=O)Oc1ccc(-c2ccc(-c3ccc(OC(=O)C(=C)C)cc3)c(OC=C(F)F)c2)cc1. The maximum Gasteiger partial charge on any atom is 0.338 e. The Bertz CT molecular complexity index is 1300. The minimum atomic E-state index is -1.98. The van der Waals surface area contributed by atoms with Crippen molar-refractivity contribution in [2.24, 2.45) is 0 Å². The summed E-state index contributed by atoms with van der Waals surface area (Å²) in [6.45, 7) is 10.2. The van der Waals surface area contributed by atoms with Gasteiger partial charge < -0.3 is 14.2 Å². The average Bonchev–Trinajstić information content (AvgIpc) is 2.83. The van der Waals surface area contributed by atoms with Crippen LogP contribution >= 0.6 is 0 Å². The number of carbonyl (C=O) groups excluding carboxylic acids is 2. The summed E-state index contributed by atoms with van der Waals surface area (Å²) in [5.74, 6) is -0.208. The fourth-order valence-electron chi connectivity index (χ4n) is 2.95. The molecule has 35 heavy (non-hydrogen) atoms. The van der Waals surface area contributed by atoms with Crippen LogP contribution in [0.4, 0.5) is 8.78 Å². The van der Waals surface area contributed by atoms with Crippen molar-refractivity contribution in [3.8, 4) is 39.5 Å². The van der Waals surface area contributed by atoms with E-state index in [0.717, 1.165) is 5.56 Å². The number of hydrogen-bond acceptors (Lipinski definition) is 5. The van der Waals surface area contributed by atoms with E-state index in [9.17, 15) is 18.4 Å². The second kappa shape index (κ2) is 11.1. The molecule has 178 valence electrons. The van der Waals surface area contributed by atoms with Crippen molar-refractivity contribution in [2.45, 2.75) is 13.8 Å². The van der Waals surface area contributed by atoms with Crippen LogP contribution in [-0.4, -0.2) is 11.9 Å². The van der Waals surface area contributed by atoms with Gasteiger partial charge in [0.25, 0.3) is 0 Å². The molecular weight excluding hydrogens is 454 g/mol. The van der Waals surface area contributed by atoms with E-state index in [1.54, 1.807) is 74.5 Å². The third-order valence-electron chi connectivity index (χ3n) is 4.73. The zero-order chi connectivity index (χ0) is 25.5. The summed E-state index contributed by atoms with van der Waals surface area (Å²) in [5, 5.41) is 0. The lowest BCUT2D eigenvalue weighted by Crippen LogP contribution is -2.07. The van der Waals surface area contributed by atoms with Gasteiger partial charge >= 0.3 is 18.0 Å². The van der Waals surface area contributed by atoms with Crippen LogP contribution in [0, 0.1) is 0 Å². The molecule has 0 unspecified atom stereocenters. The number of hydrogen-bond donors (Lipinski definition) is 0.